The second kappa shape index (κ2) is 13.4. The molecule has 3 heterocycles. The van der Waals surface area contributed by atoms with Gasteiger partial charge in [0.1, 0.15) is 11.9 Å². The lowest BCUT2D eigenvalue weighted by Crippen LogP contribution is -2.46. The highest BCUT2D eigenvalue weighted by Crippen LogP contribution is 2.65. The summed E-state index contributed by atoms with van der Waals surface area (Å²) in [6.45, 7) is 0. The predicted octanol–water partition coefficient (Wildman–Crippen LogP) is 12.6. The number of hydrogen-bond acceptors (Lipinski definition) is 3. The minimum Gasteiger partial charge on any atom is -0.485 e. The molecule has 6 aromatic rings. The molecular formula is C57H46N2O. The zero-order chi connectivity index (χ0) is 39.4. The van der Waals surface area contributed by atoms with Gasteiger partial charge in [0.25, 0.3) is 0 Å². The van der Waals surface area contributed by atoms with Crippen LogP contribution in [0.3, 0.4) is 0 Å². The summed E-state index contributed by atoms with van der Waals surface area (Å²) in [6, 6.07) is 51.2. The van der Waals surface area contributed by atoms with Gasteiger partial charge in [0.2, 0.25) is 0 Å². The first kappa shape index (κ1) is 34.6. The van der Waals surface area contributed by atoms with Crippen LogP contribution < -0.4 is 10.1 Å². The van der Waals surface area contributed by atoms with Crippen LogP contribution in [0, 0.1) is 5.92 Å². The summed E-state index contributed by atoms with van der Waals surface area (Å²) in [7, 11) is 0. The smallest absolute Gasteiger partial charge is 0.132 e. The highest BCUT2D eigenvalue weighted by Gasteiger charge is 2.62. The lowest BCUT2D eigenvalue weighted by molar-refractivity contribution is 0.186. The van der Waals surface area contributed by atoms with Gasteiger partial charge in [0.15, 0.2) is 0 Å². The molecule has 0 aromatic heterocycles. The summed E-state index contributed by atoms with van der Waals surface area (Å²) in [4.78, 5) is 2.71. The summed E-state index contributed by atoms with van der Waals surface area (Å²) in [5.41, 5.74) is 14.3. The molecule has 6 aromatic carbocycles. The first-order valence-electron chi connectivity index (χ1n) is 22.0. The number of ether oxygens (including phenoxy) is 1. The van der Waals surface area contributed by atoms with Crippen LogP contribution in [0.1, 0.15) is 65.1 Å². The van der Waals surface area contributed by atoms with E-state index in [1.165, 1.54) is 72.0 Å². The molecule has 0 saturated carbocycles. The van der Waals surface area contributed by atoms with Crippen LogP contribution in [0.4, 0.5) is 0 Å². The maximum Gasteiger partial charge on any atom is 0.132 e. The van der Waals surface area contributed by atoms with Crippen LogP contribution in [0.2, 0.25) is 0 Å². The Morgan fingerprint density at radius 3 is 2.28 bits per heavy atom. The van der Waals surface area contributed by atoms with E-state index in [-0.39, 0.29) is 23.7 Å². The molecule has 290 valence electrons. The Balaban J connectivity index is 0.857. The molecule has 13 rings (SSSR count). The van der Waals surface area contributed by atoms with Crippen molar-refractivity contribution in [2.45, 2.75) is 61.0 Å². The Morgan fingerprint density at radius 1 is 0.650 bits per heavy atom. The Morgan fingerprint density at radius 2 is 1.40 bits per heavy atom. The number of benzene rings is 6. The molecule has 0 radical (unpaired) electrons. The third-order valence-corrected chi connectivity index (χ3v) is 14.8. The number of hydrogen-bond donors (Lipinski definition) is 1. The normalized spacial score (nSPS) is 29.9. The zero-order valence-electron chi connectivity index (χ0n) is 33.5. The van der Waals surface area contributed by atoms with Crippen molar-refractivity contribution in [3.05, 3.63) is 233 Å². The molecule has 0 amide bonds. The fourth-order valence-electron chi connectivity index (χ4n) is 12.2. The minimum absolute atomic E-state index is 0.00399. The molecule has 3 aliphatic heterocycles. The molecule has 3 heteroatoms. The van der Waals surface area contributed by atoms with Crippen molar-refractivity contribution in [1.82, 2.24) is 10.2 Å². The predicted molar refractivity (Wildman–Crippen MR) is 244 cm³/mol. The van der Waals surface area contributed by atoms with Crippen molar-refractivity contribution in [2.24, 2.45) is 5.92 Å². The van der Waals surface area contributed by atoms with Gasteiger partial charge >= 0.3 is 0 Å². The van der Waals surface area contributed by atoms with Crippen molar-refractivity contribution in [3.63, 3.8) is 0 Å². The highest BCUT2D eigenvalue weighted by molar-refractivity contribution is 5.96. The lowest BCUT2D eigenvalue weighted by atomic mass is 9.59. The Bertz CT molecular complexity index is 2900. The van der Waals surface area contributed by atoms with Gasteiger partial charge in [-0.2, -0.15) is 0 Å². The Hall–Kier alpha value is -6.26. The number of nitrogens with zero attached hydrogens (tertiary/aromatic N) is 1. The second-order valence-electron chi connectivity index (χ2n) is 17.7. The minimum atomic E-state index is -0.288. The Labute approximate surface area is 352 Å². The highest BCUT2D eigenvalue weighted by atomic mass is 16.5. The molecule has 60 heavy (non-hydrogen) atoms. The van der Waals surface area contributed by atoms with Crippen LogP contribution in [0.25, 0.3) is 33.0 Å². The van der Waals surface area contributed by atoms with Gasteiger partial charge in [0, 0.05) is 29.4 Å². The largest absolute Gasteiger partial charge is 0.485 e. The molecule has 9 unspecified atom stereocenters. The average molecular weight is 775 g/mol. The van der Waals surface area contributed by atoms with E-state index < -0.39 is 0 Å². The van der Waals surface area contributed by atoms with E-state index in [1.807, 2.05) is 0 Å². The maximum absolute atomic E-state index is 7.17. The van der Waals surface area contributed by atoms with Gasteiger partial charge in [-0.15, -0.1) is 0 Å². The van der Waals surface area contributed by atoms with Gasteiger partial charge < -0.3 is 4.74 Å². The first-order valence-corrected chi connectivity index (χ1v) is 22.0. The van der Waals surface area contributed by atoms with E-state index in [1.54, 1.807) is 0 Å². The fourth-order valence-corrected chi connectivity index (χ4v) is 12.2. The molecule has 7 aliphatic rings. The zero-order valence-corrected chi connectivity index (χ0v) is 33.5. The number of fused-ring (bicyclic) bond motifs is 11. The molecule has 1 N–H and O–H groups in total. The molecule has 3 nitrogen and oxygen atoms in total. The molecular weight excluding hydrogens is 729 g/mol. The van der Waals surface area contributed by atoms with Crippen molar-refractivity contribution in [3.8, 4) is 28.0 Å². The number of nitrogens with one attached hydrogen (secondary N) is 1. The molecule has 2 saturated heterocycles. The van der Waals surface area contributed by atoms with Crippen molar-refractivity contribution in [1.29, 1.82) is 0 Å². The van der Waals surface area contributed by atoms with Gasteiger partial charge in [-0.05, 0) is 73.7 Å². The van der Waals surface area contributed by atoms with E-state index in [9.17, 15) is 0 Å². The molecule has 9 atom stereocenters. The van der Waals surface area contributed by atoms with Gasteiger partial charge in [-0.25, -0.2) is 0 Å². The van der Waals surface area contributed by atoms with E-state index >= 15 is 0 Å². The second-order valence-corrected chi connectivity index (χ2v) is 17.7. The molecule has 2 fully saturated rings. The maximum atomic E-state index is 7.17. The van der Waals surface area contributed by atoms with Crippen LogP contribution in [-0.2, 0) is 5.41 Å². The number of allylic oxidation sites excluding steroid dienone is 8. The quantitative estimate of drug-likeness (QED) is 0.177. The van der Waals surface area contributed by atoms with Crippen LogP contribution in [-0.4, -0.2) is 23.2 Å². The van der Waals surface area contributed by atoms with E-state index in [0.717, 1.165) is 25.0 Å². The van der Waals surface area contributed by atoms with Crippen molar-refractivity contribution < 1.29 is 4.74 Å². The summed E-state index contributed by atoms with van der Waals surface area (Å²) < 4.78 is 7.17. The van der Waals surface area contributed by atoms with Gasteiger partial charge in [-0.1, -0.05) is 194 Å². The third-order valence-electron chi connectivity index (χ3n) is 14.8. The summed E-state index contributed by atoms with van der Waals surface area (Å²) in [5.74, 6) is 1.67. The summed E-state index contributed by atoms with van der Waals surface area (Å²) in [5, 5.41) is 6.68. The average Bonchev–Trinajstić information content (AvgIpc) is 3.81. The van der Waals surface area contributed by atoms with E-state index in [2.05, 4.69) is 204 Å². The summed E-state index contributed by atoms with van der Waals surface area (Å²) >= 11 is 0. The molecule has 0 bridgehead atoms. The molecule has 1 spiro atoms. The van der Waals surface area contributed by atoms with E-state index in [4.69, 9.17) is 4.74 Å². The van der Waals surface area contributed by atoms with Crippen LogP contribution in [0.5, 0.6) is 5.75 Å². The standard InChI is InChI=1S/C57H46N2O/c1-2-15-41(16-3-1)56-58-52(54-53(59(54)56)40-34-30-37(31-35-40)43-21-12-17-36-14-4-5-18-42(36)43)39-32-28-38(29-33-39)44-22-13-26-50-55(44)60-51-27-11-10-25-49(51)57(50)47-23-8-6-19-45(47)46-20-7-9-24-48(46)57/h2,4-26,28-35,45,47,51-54,56,58H,1,3,27H2. The molecule has 4 aliphatic carbocycles. The monoisotopic (exact) mass is 774 g/mol. The number of rotatable bonds is 5. The van der Waals surface area contributed by atoms with Crippen LogP contribution >= 0.6 is 0 Å². The topological polar surface area (TPSA) is 24.3 Å². The van der Waals surface area contributed by atoms with Gasteiger partial charge in [0.05, 0.1) is 29.7 Å². The Kier molecular flexibility index (Phi) is 7.71. The van der Waals surface area contributed by atoms with E-state index in [0.29, 0.717) is 23.9 Å². The fraction of sp³-hybridized carbons (Fsp3) is 0.193. The summed E-state index contributed by atoms with van der Waals surface area (Å²) in [6.07, 6.45) is 26.7. The van der Waals surface area contributed by atoms with Crippen LogP contribution in [0.15, 0.2) is 205 Å². The third kappa shape index (κ3) is 4.97. The number of para-hydroxylation sites is 1. The van der Waals surface area contributed by atoms with Crippen molar-refractivity contribution in [2.75, 3.05) is 0 Å². The SMILES string of the molecule is C1=CCC2Oc3c(-c4ccc(C5NC(C6=CCCC=C6)N6C(c7ccc(-c8cccc9ccccc89)cc7)C56)cc4)cccc3C3(C2=C1)c1ccccc1C1C=CC=CC13. The van der Waals surface area contributed by atoms with Crippen molar-refractivity contribution >= 4 is 10.8 Å². The first-order chi connectivity index (χ1) is 29.8. The van der Waals surface area contributed by atoms with Gasteiger partial charge in [-0.3, -0.25) is 10.2 Å². The lowest BCUT2D eigenvalue weighted by Gasteiger charge is -2.48.